The third kappa shape index (κ3) is 3.16. The third-order valence-electron chi connectivity index (χ3n) is 3.76. The van der Waals surface area contributed by atoms with Gasteiger partial charge in [-0.15, -0.1) is 0 Å². The second kappa shape index (κ2) is 6.21. The van der Waals surface area contributed by atoms with Gasteiger partial charge in [0.2, 0.25) is 0 Å². The molecule has 0 aromatic carbocycles. The van der Waals surface area contributed by atoms with Crippen LogP contribution in [0.4, 0.5) is 0 Å². The van der Waals surface area contributed by atoms with Gasteiger partial charge >= 0.3 is 0 Å². The van der Waals surface area contributed by atoms with Crippen molar-refractivity contribution in [1.29, 1.82) is 0 Å². The van der Waals surface area contributed by atoms with Crippen LogP contribution >= 0.6 is 0 Å². The van der Waals surface area contributed by atoms with Crippen LogP contribution in [0.25, 0.3) is 0 Å². The van der Waals surface area contributed by atoms with E-state index in [2.05, 4.69) is 6.92 Å². The molecule has 1 fully saturated rings. The highest BCUT2D eigenvalue weighted by molar-refractivity contribution is 5.93. The number of amides is 1. The van der Waals surface area contributed by atoms with Gasteiger partial charge in [-0.25, -0.2) is 0 Å². The monoisotopic (exact) mass is 265 g/mol. The second-order valence-electron chi connectivity index (χ2n) is 5.21. The maximum atomic E-state index is 12.6. The van der Waals surface area contributed by atoms with Crippen molar-refractivity contribution >= 4 is 5.91 Å². The summed E-state index contributed by atoms with van der Waals surface area (Å²) in [7, 11) is 1.67. The van der Waals surface area contributed by atoms with Crippen LogP contribution in [0.2, 0.25) is 0 Å². The molecule has 5 heteroatoms. The molecule has 1 aromatic rings. The van der Waals surface area contributed by atoms with Crippen LogP contribution < -0.4 is 5.73 Å². The molecular weight excluding hydrogens is 242 g/mol. The Morgan fingerprint density at radius 1 is 1.58 bits per heavy atom. The molecule has 2 rings (SSSR count). The summed E-state index contributed by atoms with van der Waals surface area (Å²) in [5.41, 5.74) is 6.68. The van der Waals surface area contributed by atoms with Crippen molar-refractivity contribution in [3.63, 3.8) is 0 Å². The molecule has 5 nitrogen and oxygen atoms in total. The van der Waals surface area contributed by atoms with Crippen molar-refractivity contribution in [2.45, 2.75) is 38.4 Å². The van der Waals surface area contributed by atoms with Crippen LogP contribution in [-0.4, -0.2) is 47.7 Å². The Balaban J connectivity index is 2.09. The highest BCUT2D eigenvalue weighted by Gasteiger charge is 2.28. The number of carbonyl (C=O) groups excluding carboxylic acids is 1. The highest BCUT2D eigenvalue weighted by atomic mass is 16.5. The first-order valence-electron chi connectivity index (χ1n) is 6.84. The first-order valence-corrected chi connectivity index (χ1v) is 6.84. The molecule has 0 radical (unpaired) electrons. The molecule has 0 bridgehead atoms. The van der Waals surface area contributed by atoms with E-state index in [0.717, 1.165) is 25.1 Å². The minimum absolute atomic E-state index is 0.0977. The molecule has 1 aromatic heterocycles. The maximum absolute atomic E-state index is 12.6. The molecule has 106 valence electrons. The minimum atomic E-state index is 0.0977. The Morgan fingerprint density at radius 3 is 3.05 bits per heavy atom. The van der Waals surface area contributed by atoms with Crippen LogP contribution in [-0.2, 0) is 11.3 Å². The molecule has 1 aliphatic heterocycles. The predicted octanol–water partition coefficient (Wildman–Crippen LogP) is 1.09. The van der Waals surface area contributed by atoms with Gasteiger partial charge in [-0.1, -0.05) is 0 Å². The Morgan fingerprint density at radius 2 is 2.37 bits per heavy atom. The summed E-state index contributed by atoms with van der Waals surface area (Å²) in [6.07, 6.45) is 3.69. The maximum Gasteiger partial charge on any atom is 0.270 e. The number of likely N-dealkylation sites (tertiary alicyclic amines) is 1. The number of nitrogens with zero attached hydrogens (tertiary/aromatic N) is 2. The number of carbonyl (C=O) groups is 1. The number of piperidine rings is 1. The van der Waals surface area contributed by atoms with Gasteiger partial charge in [-0.3, -0.25) is 4.79 Å². The lowest BCUT2D eigenvalue weighted by Gasteiger charge is -2.36. The lowest BCUT2D eigenvalue weighted by molar-refractivity contribution is 0.0605. The highest BCUT2D eigenvalue weighted by Crippen LogP contribution is 2.19. The predicted molar refractivity (Wildman–Crippen MR) is 74.0 cm³/mol. The summed E-state index contributed by atoms with van der Waals surface area (Å²) in [5.74, 6) is 0.0977. The largest absolute Gasteiger partial charge is 0.383 e. The molecule has 2 atom stereocenters. The summed E-state index contributed by atoms with van der Waals surface area (Å²) >= 11 is 0. The van der Waals surface area contributed by atoms with E-state index >= 15 is 0 Å². The average Bonchev–Trinajstić information content (AvgIpc) is 2.83. The van der Waals surface area contributed by atoms with E-state index < -0.39 is 0 Å². The summed E-state index contributed by atoms with van der Waals surface area (Å²) in [6.45, 7) is 4.12. The van der Waals surface area contributed by atoms with Crippen molar-refractivity contribution in [1.82, 2.24) is 9.47 Å². The number of hydrogen-bond acceptors (Lipinski definition) is 3. The van der Waals surface area contributed by atoms with Crippen LogP contribution in [0.1, 0.15) is 30.3 Å². The molecule has 2 unspecified atom stereocenters. The number of ether oxygens (including phenoxy) is 1. The first-order chi connectivity index (χ1) is 9.13. The van der Waals surface area contributed by atoms with E-state index in [1.54, 1.807) is 7.11 Å². The first kappa shape index (κ1) is 14.1. The fourth-order valence-electron chi connectivity index (χ4n) is 2.65. The van der Waals surface area contributed by atoms with Crippen LogP contribution in [0.3, 0.4) is 0 Å². The van der Waals surface area contributed by atoms with E-state index in [9.17, 15) is 4.79 Å². The average molecular weight is 265 g/mol. The molecule has 2 N–H and O–H groups in total. The molecule has 1 amide bonds. The van der Waals surface area contributed by atoms with E-state index in [1.807, 2.05) is 27.8 Å². The molecule has 1 aliphatic rings. The number of rotatable bonds is 4. The summed E-state index contributed by atoms with van der Waals surface area (Å²) < 4.78 is 7.02. The Kier molecular flexibility index (Phi) is 4.61. The van der Waals surface area contributed by atoms with Gasteiger partial charge < -0.3 is 19.9 Å². The second-order valence-corrected chi connectivity index (χ2v) is 5.21. The number of nitrogens with two attached hydrogens (primary N) is 1. The fraction of sp³-hybridized carbons (Fsp3) is 0.643. The topological polar surface area (TPSA) is 60.5 Å². The molecule has 0 spiro atoms. The van der Waals surface area contributed by atoms with Crippen molar-refractivity contribution in [2.24, 2.45) is 5.73 Å². The number of aromatic nitrogens is 1. The molecule has 1 saturated heterocycles. The van der Waals surface area contributed by atoms with Crippen molar-refractivity contribution in [3.05, 3.63) is 24.0 Å². The van der Waals surface area contributed by atoms with Gasteiger partial charge in [0.1, 0.15) is 5.69 Å². The zero-order valence-corrected chi connectivity index (χ0v) is 11.7. The smallest absolute Gasteiger partial charge is 0.270 e. The SMILES string of the molecule is COCCn1cccc1C(=O)N1CCC(N)CC1C. The van der Waals surface area contributed by atoms with E-state index in [-0.39, 0.29) is 18.0 Å². The minimum Gasteiger partial charge on any atom is -0.383 e. The molecule has 2 heterocycles. The van der Waals surface area contributed by atoms with Crippen molar-refractivity contribution in [2.75, 3.05) is 20.3 Å². The van der Waals surface area contributed by atoms with Gasteiger partial charge in [-0.2, -0.15) is 0 Å². The van der Waals surface area contributed by atoms with Crippen LogP contribution in [0.15, 0.2) is 18.3 Å². The zero-order valence-electron chi connectivity index (χ0n) is 11.7. The molecule has 0 saturated carbocycles. The lowest BCUT2D eigenvalue weighted by atomic mass is 9.99. The van der Waals surface area contributed by atoms with Crippen LogP contribution in [0, 0.1) is 0 Å². The summed E-state index contributed by atoms with van der Waals surface area (Å²) in [4.78, 5) is 14.5. The fourth-order valence-corrected chi connectivity index (χ4v) is 2.65. The Bertz CT molecular complexity index is 430. The third-order valence-corrected chi connectivity index (χ3v) is 3.76. The molecule has 0 aliphatic carbocycles. The number of methoxy groups -OCH3 is 1. The summed E-state index contributed by atoms with van der Waals surface area (Å²) in [5, 5.41) is 0. The van der Waals surface area contributed by atoms with Gasteiger partial charge in [0.25, 0.3) is 5.91 Å². The molecular formula is C14H23N3O2. The summed E-state index contributed by atoms with van der Waals surface area (Å²) in [6, 6.07) is 4.21. The van der Waals surface area contributed by atoms with Gasteiger partial charge in [0.15, 0.2) is 0 Å². The van der Waals surface area contributed by atoms with E-state index in [0.29, 0.717) is 13.2 Å². The lowest BCUT2D eigenvalue weighted by Crippen LogP contribution is -2.48. The van der Waals surface area contributed by atoms with E-state index in [4.69, 9.17) is 10.5 Å². The zero-order chi connectivity index (χ0) is 13.8. The van der Waals surface area contributed by atoms with Crippen LogP contribution in [0.5, 0.6) is 0 Å². The Labute approximate surface area is 114 Å². The van der Waals surface area contributed by atoms with Gasteiger partial charge in [0, 0.05) is 38.5 Å². The number of hydrogen-bond donors (Lipinski definition) is 1. The van der Waals surface area contributed by atoms with Gasteiger partial charge in [-0.05, 0) is 31.9 Å². The quantitative estimate of drug-likeness (QED) is 0.886. The van der Waals surface area contributed by atoms with Crippen molar-refractivity contribution < 1.29 is 9.53 Å². The standard InChI is InChI=1S/C14H23N3O2/c1-11-10-12(15)5-7-17(11)14(18)13-4-3-6-16(13)8-9-19-2/h3-4,6,11-12H,5,7-10,15H2,1-2H3. The van der Waals surface area contributed by atoms with Gasteiger partial charge in [0.05, 0.1) is 6.61 Å². The Hall–Kier alpha value is -1.33. The molecule has 19 heavy (non-hydrogen) atoms. The van der Waals surface area contributed by atoms with Crippen molar-refractivity contribution in [3.8, 4) is 0 Å². The van der Waals surface area contributed by atoms with E-state index in [1.165, 1.54) is 0 Å². The normalized spacial score (nSPS) is 23.6.